The molecule has 0 saturated heterocycles. The lowest BCUT2D eigenvalue weighted by atomic mass is 9.99. The van der Waals surface area contributed by atoms with Crippen molar-refractivity contribution in [1.82, 2.24) is 9.97 Å². The van der Waals surface area contributed by atoms with Crippen molar-refractivity contribution in [2.24, 2.45) is 0 Å². The molecule has 0 aliphatic rings. The average molecular weight is 452 g/mol. The lowest BCUT2D eigenvalue weighted by Crippen LogP contribution is -2.15. The predicted octanol–water partition coefficient (Wildman–Crippen LogP) is 6.47. The number of alkyl halides is 3. The Balaban J connectivity index is 1.68. The number of rotatable bonds is 7. The number of carbonyl (C=O) groups excluding carboxylic acids is 1. The molecule has 1 atom stereocenters. The highest BCUT2D eigenvalue weighted by molar-refractivity contribution is 7.99. The molecule has 9 heteroatoms. The van der Waals surface area contributed by atoms with Gasteiger partial charge in [-0.05, 0) is 47.5 Å². The second-order valence-corrected chi connectivity index (χ2v) is 8.55. The summed E-state index contributed by atoms with van der Waals surface area (Å²) in [4.78, 5) is 20.6. The number of halogens is 3. The summed E-state index contributed by atoms with van der Waals surface area (Å²) in [5.74, 6) is -0.00549. The molecular formula is C21H20F3N3OS2. The van der Waals surface area contributed by atoms with Crippen LogP contribution in [-0.4, -0.2) is 21.6 Å². The van der Waals surface area contributed by atoms with Gasteiger partial charge in [0.05, 0.1) is 16.3 Å². The fourth-order valence-electron chi connectivity index (χ4n) is 2.64. The van der Waals surface area contributed by atoms with E-state index in [-0.39, 0.29) is 22.5 Å². The van der Waals surface area contributed by atoms with Gasteiger partial charge in [-0.15, -0.1) is 11.3 Å². The van der Waals surface area contributed by atoms with Gasteiger partial charge in [-0.3, -0.25) is 4.79 Å². The van der Waals surface area contributed by atoms with E-state index in [9.17, 15) is 18.0 Å². The van der Waals surface area contributed by atoms with Crippen molar-refractivity contribution in [3.8, 4) is 10.6 Å². The van der Waals surface area contributed by atoms with Crippen molar-refractivity contribution in [1.29, 1.82) is 0 Å². The van der Waals surface area contributed by atoms with E-state index >= 15 is 0 Å². The molecule has 3 rings (SSSR count). The number of anilines is 1. The number of aromatic nitrogens is 2. The minimum Gasteiger partial charge on any atom is -0.325 e. The van der Waals surface area contributed by atoms with Crippen molar-refractivity contribution in [3.05, 3.63) is 59.1 Å². The lowest BCUT2D eigenvalue weighted by Gasteiger charge is -2.11. The van der Waals surface area contributed by atoms with Crippen molar-refractivity contribution >= 4 is 34.7 Å². The van der Waals surface area contributed by atoms with Gasteiger partial charge in [-0.1, -0.05) is 43.8 Å². The first-order chi connectivity index (χ1) is 14.3. The van der Waals surface area contributed by atoms with Crippen LogP contribution in [0.1, 0.15) is 37.4 Å². The van der Waals surface area contributed by atoms with Crippen molar-refractivity contribution in [2.45, 2.75) is 37.5 Å². The Morgan fingerprint density at radius 2 is 1.93 bits per heavy atom. The smallest absolute Gasteiger partial charge is 0.325 e. The lowest BCUT2D eigenvalue weighted by molar-refractivity contribution is -0.141. The molecule has 0 aliphatic heterocycles. The zero-order valence-corrected chi connectivity index (χ0v) is 18.0. The fraction of sp³-hybridized carbons (Fsp3) is 0.286. The van der Waals surface area contributed by atoms with Gasteiger partial charge in [0.1, 0.15) is 5.69 Å². The Labute approximate surface area is 181 Å². The van der Waals surface area contributed by atoms with Gasteiger partial charge < -0.3 is 5.32 Å². The van der Waals surface area contributed by atoms with E-state index in [1.807, 2.05) is 24.3 Å². The standard InChI is InChI=1S/C21H20F3N3OS2/c1-3-13(2)14-6-8-15(9-7-14)25-19(28)12-30-20-26-16(17-5-4-10-29-17)11-18(27-20)21(22,23)24/h4-11,13H,3,12H2,1-2H3,(H,25,28). The number of amides is 1. The first kappa shape index (κ1) is 22.3. The molecule has 1 unspecified atom stereocenters. The summed E-state index contributed by atoms with van der Waals surface area (Å²) in [6.07, 6.45) is -3.57. The van der Waals surface area contributed by atoms with Crippen LogP contribution in [0.4, 0.5) is 18.9 Å². The number of hydrogen-bond acceptors (Lipinski definition) is 5. The first-order valence-corrected chi connectivity index (χ1v) is 11.2. The third-order valence-electron chi connectivity index (χ3n) is 4.48. The van der Waals surface area contributed by atoms with Gasteiger partial charge in [0.25, 0.3) is 0 Å². The highest BCUT2D eigenvalue weighted by Gasteiger charge is 2.34. The molecule has 158 valence electrons. The number of thioether (sulfide) groups is 1. The Bertz CT molecular complexity index is 990. The van der Waals surface area contributed by atoms with E-state index in [2.05, 4.69) is 29.1 Å². The van der Waals surface area contributed by atoms with Gasteiger partial charge in [0.15, 0.2) is 5.16 Å². The summed E-state index contributed by atoms with van der Waals surface area (Å²) in [5.41, 5.74) is 0.987. The maximum Gasteiger partial charge on any atom is 0.433 e. The molecule has 0 radical (unpaired) electrons. The molecule has 0 aliphatic carbocycles. The molecule has 2 heterocycles. The predicted molar refractivity (Wildman–Crippen MR) is 115 cm³/mol. The van der Waals surface area contributed by atoms with Crippen LogP contribution in [0.3, 0.4) is 0 Å². The second-order valence-electron chi connectivity index (χ2n) is 6.66. The number of nitrogens with zero attached hydrogens (tertiary/aromatic N) is 2. The molecule has 3 aromatic rings. The Hall–Kier alpha value is -2.39. The zero-order chi connectivity index (χ0) is 21.7. The van der Waals surface area contributed by atoms with Crippen LogP contribution in [0.2, 0.25) is 0 Å². The van der Waals surface area contributed by atoms with Crippen LogP contribution in [0, 0.1) is 0 Å². The molecule has 0 spiro atoms. The topological polar surface area (TPSA) is 54.9 Å². The third kappa shape index (κ3) is 5.82. The van der Waals surface area contributed by atoms with Crippen LogP contribution >= 0.6 is 23.1 Å². The largest absolute Gasteiger partial charge is 0.433 e. The number of carbonyl (C=O) groups is 1. The maximum atomic E-state index is 13.2. The van der Waals surface area contributed by atoms with Gasteiger partial charge in [0, 0.05) is 5.69 Å². The number of hydrogen-bond donors (Lipinski definition) is 1. The van der Waals surface area contributed by atoms with E-state index in [0.717, 1.165) is 24.2 Å². The van der Waals surface area contributed by atoms with Crippen LogP contribution in [0.25, 0.3) is 10.6 Å². The second kappa shape index (κ2) is 9.61. The van der Waals surface area contributed by atoms with Crippen LogP contribution in [0.15, 0.2) is 53.0 Å². The van der Waals surface area contributed by atoms with Crippen molar-refractivity contribution in [3.63, 3.8) is 0 Å². The van der Waals surface area contributed by atoms with Crippen LogP contribution in [0.5, 0.6) is 0 Å². The van der Waals surface area contributed by atoms with E-state index in [1.165, 1.54) is 16.9 Å². The summed E-state index contributed by atoms with van der Waals surface area (Å²) in [6, 6.07) is 11.9. The molecule has 0 saturated carbocycles. The summed E-state index contributed by atoms with van der Waals surface area (Å²) in [7, 11) is 0. The first-order valence-electron chi connectivity index (χ1n) is 9.29. The van der Waals surface area contributed by atoms with E-state index in [4.69, 9.17) is 0 Å². The molecule has 4 nitrogen and oxygen atoms in total. The molecule has 30 heavy (non-hydrogen) atoms. The third-order valence-corrected chi connectivity index (χ3v) is 6.22. The minimum atomic E-state index is -4.59. The van der Waals surface area contributed by atoms with Crippen LogP contribution < -0.4 is 5.32 Å². The van der Waals surface area contributed by atoms with E-state index < -0.39 is 11.9 Å². The Morgan fingerprint density at radius 3 is 2.53 bits per heavy atom. The van der Waals surface area contributed by atoms with Gasteiger partial charge in [-0.25, -0.2) is 9.97 Å². The number of nitrogens with one attached hydrogen (secondary N) is 1. The molecular weight excluding hydrogens is 431 g/mol. The highest BCUT2D eigenvalue weighted by Crippen LogP contribution is 2.33. The molecule has 1 N–H and O–H groups in total. The average Bonchev–Trinajstić information content (AvgIpc) is 3.26. The van der Waals surface area contributed by atoms with Gasteiger partial charge in [-0.2, -0.15) is 13.2 Å². The molecule has 0 fully saturated rings. The molecule has 2 aromatic heterocycles. The molecule has 1 amide bonds. The van der Waals surface area contributed by atoms with Crippen molar-refractivity contribution in [2.75, 3.05) is 11.1 Å². The minimum absolute atomic E-state index is 0.0875. The molecule has 1 aromatic carbocycles. The maximum absolute atomic E-state index is 13.2. The number of thiophene rings is 1. The summed E-state index contributed by atoms with van der Waals surface area (Å²) < 4.78 is 39.6. The monoisotopic (exact) mass is 451 g/mol. The Morgan fingerprint density at radius 1 is 1.20 bits per heavy atom. The highest BCUT2D eigenvalue weighted by atomic mass is 32.2. The quantitative estimate of drug-likeness (QED) is 0.330. The zero-order valence-electron chi connectivity index (χ0n) is 16.4. The summed E-state index contributed by atoms with van der Waals surface area (Å²) >= 11 is 2.16. The Kier molecular flexibility index (Phi) is 7.14. The van der Waals surface area contributed by atoms with E-state index in [0.29, 0.717) is 16.5 Å². The number of benzene rings is 1. The van der Waals surface area contributed by atoms with Crippen LogP contribution in [-0.2, 0) is 11.0 Å². The fourth-order valence-corrected chi connectivity index (χ4v) is 3.99. The normalized spacial score (nSPS) is 12.6. The van der Waals surface area contributed by atoms with E-state index in [1.54, 1.807) is 17.5 Å². The summed E-state index contributed by atoms with van der Waals surface area (Å²) in [5, 5.41) is 4.42. The van der Waals surface area contributed by atoms with Gasteiger partial charge >= 0.3 is 6.18 Å². The van der Waals surface area contributed by atoms with Gasteiger partial charge in [0.2, 0.25) is 5.91 Å². The van der Waals surface area contributed by atoms with Crippen molar-refractivity contribution < 1.29 is 18.0 Å². The molecule has 0 bridgehead atoms. The SMILES string of the molecule is CCC(C)c1ccc(NC(=O)CSc2nc(-c3cccs3)cc(C(F)(F)F)n2)cc1. The summed E-state index contributed by atoms with van der Waals surface area (Å²) in [6.45, 7) is 4.24.